The second-order valence-corrected chi connectivity index (χ2v) is 5.12. The van der Waals surface area contributed by atoms with Gasteiger partial charge in [-0.05, 0) is 36.6 Å². The van der Waals surface area contributed by atoms with Gasteiger partial charge < -0.3 is 5.73 Å². The normalized spacial score (nSPS) is 10.5. The van der Waals surface area contributed by atoms with Gasteiger partial charge in [0, 0.05) is 10.6 Å². The molecule has 74 valence electrons. The van der Waals surface area contributed by atoms with Crippen molar-refractivity contribution in [2.75, 3.05) is 12.3 Å². The van der Waals surface area contributed by atoms with Gasteiger partial charge in [-0.2, -0.15) is 11.8 Å². The molecule has 1 nitrogen and oxygen atoms in total. The molecule has 0 unspecified atom stereocenters. The van der Waals surface area contributed by atoms with Crippen LogP contribution in [0, 0.1) is 0 Å². The van der Waals surface area contributed by atoms with Crippen LogP contribution in [0.25, 0.3) is 0 Å². The third-order valence-electron chi connectivity index (χ3n) is 1.82. The third kappa shape index (κ3) is 5.34. The number of thiophene rings is 1. The van der Waals surface area contributed by atoms with Crippen molar-refractivity contribution in [3.63, 3.8) is 0 Å². The summed E-state index contributed by atoms with van der Waals surface area (Å²) in [6.07, 6.45) is 3.78. The number of unbranched alkanes of at least 4 members (excludes halogenated alkanes) is 2. The molecule has 1 rings (SSSR count). The summed E-state index contributed by atoms with van der Waals surface area (Å²) in [6, 6.07) is 4.33. The summed E-state index contributed by atoms with van der Waals surface area (Å²) in [4.78, 5) is 1.49. The van der Waals surface area contributed by atoms with Crippen LogP contribution in [-0.4, -0.2) is 12.3 Å². The van der Waals surface area contributed by atoms with Crippen molar-refractivity contribution in [1.82, 2.24) is 0 Å². The summed E-state index contributed by atoms with van der Waals surface area (Å²) in [6.45, 7) is 0.843. The van der Waals surface area contributed by atoms with Crippen molar-refractivity contribution >= 4 is 23.1 Å². The molecule has 0 bridgehead atoms. The Morgan fingerprint density at radius 2 is 2.23 bits per heavy atom. The van der Waals surface area contributed by atoms with Crippen LogP contribution in [0.2, 0.25) is 0 Å². The zero-order valence-electron chi connectivity index (χ0n) is 7.87. The number of thioether (sulfide) groups is 1. The average molecular weight is 215 g/mol. The van der Waals surface area contributed by atoms with Crippen molar-refractivity contribution < 1.29 is 0 Å². The van der Waals surface area contributed by atoms with Crippen LogP contribution in [0.15, 0.2) is 17.5 Å². The Morgan fingerprint density at radius 1 is 1.31 bits per heavy atom. The fourth-order valence-electron chi connectivity index (χ4n) is 1.09. The molecule has 0 spiro atoms. The predicted octanol–water partition coefficient (Wildman–Crippen LogP) is 3.11. The van der Waals surface area contributed by atoms with E-state index in [1.54, 1.807) is 0 Å². The van der Waals surface area contributed by atoms with Crippen LogP contribution in [0.3, 0.4) is 0 Å². The fraction of sp³-hybridized carbons (Fsp3) is 0.600. The van der Waals surface area contributed by atoms with E-state index in [-0.39, 0.29) is 0 Å². The molecule has 13 heavy (non-hydrogen) atoms. The molecule has 0 fully saturated rings. The highest BCUT2D eigenvalue weighted by Crippen LogP contribution is 2.18. The van der Waals surface area contributed by atoms with Gasteiger partial charge in [0.2, 0.25) is 0 Å². The molecule has 3 heteroatoms. The number of nitrogens with two attached hydrogens (primary N) is 1. The lowest BCUT2D eigenvalue weighted by Gasteiger charge is -1.99. The number of hydrogen-bond donors (Lipinski definition) is 1. The van der Waals surface area contributed by atoms with E-state index in [4.69, 9.17) is 5.73 Å². The van der Waals surface area contributed by atoms with Gasteiger partial charge >= 0.3 is 0 Å². The Labute approximate surface area is 88.7 Å². The van der Waals surface area contributed by atoms with E-state index in [2.05, 4.69) is 17.5 Å². The molecule has 0 aliphatic rings. The van der Waals surface area contributed by atoms with E-state index >= 15 is 0 Å². The van der Waals surface area contributed by atoms with Crippen molar-refractivity contribution in [3.05, 3.63) is 22.4 Å². The standard InChI is InChI=1S/C10H17NS2/c11-6-2-1-3-7-12-9-10-5-4-8-13-10/h4-5,8H,1-3,6-7,9,11H2. The SMILES string of the molecule is NCCCCCSCc1cccs1. The number of rotatable bonds is 7. The molecular weight excluding hydrogens is 198 g/mol. The molecule has 2 N–H and O–H groups in total. The maximum Gasteiger partial charge on any atom is 0.0278 e. The van der Waals surface area contributed by atoms with E-state index in [1.165, 1.54) is 35.6 Å². The quantitative estimate of drug-likeness (QED) is 0.707. The third-order valence-corrected chi connectivity index (χ3v) is 3.97. The molecule has 0 atom stereocenters. The van der Waals surface area contributed by atoms with Crippen molar-refractivity contribution in [2.24, 2.45) is 5.73 Å². The lowest BCUT2D eigenvalue weighted by atomic mass is 10.2. The minimum Gasteiger partial charge on any atom is -0.330 e. The van der Waals surface area contributed by atoms with Crippen molar-refractivity contribution in [3.8, 4) is 0 Å². The van der Waals surface area contributed by atoms with Gasteiger partial charge in [-0.15, -0.1) is 11.3 Å². The van der Waals surface area contributed by atoms with Crippen molar-refractivity contribution in [2.45, 2.75) is 25.0 Å². The Kier molecular flexibility index (Phi) is 6.33. The molecule has 0 saturated carbocycles. The summed E-state index contributed by atoms with van der Waals surface area (Å²) < 4.78 is 0. The summed E-state index contributed by atoms with van der Waals surface area (Å²) in [5.41, 5.74) is 5.42. The maximum absolute atomic E-state index is 5.42. The van der Waals surface area contributed by atoms with Crippen LogP contribution in [-0.2, 0) is 5.75 Å². The molecular formula is C10H17NS2. The zero-order chi connectivity index (χ0) is 9.36. The first-order valence-electron chi connectivity index (χ1n) is 4.73. The monoisotopic (exact) mass is 215 g/mol. The lowest BCUT2D eigenvalue weighted by molar-refractivity contribution is 0.732. The van der Waals surface area contributed by atoms with Gasteiger partial charge in [0.05, 0.1) is 0 Å². The first-order valence-corrected chi connectivity index (χ1v) is 6.77. The molecule has 0 radical (unpaired) electrons. The highest BCUT2D eigenvalue weighted by atomic mass is 32.2. The van der Waals surface area contributed by atoms with Crippen LogP contribution >= 0.6 is 23.1 Å². The van der Waals surface area contributed by atoms with Gasteiger partial charge in [-0.1, -0.05) is 12.5 Å². The molecule has 1 aromatic heterocycles. The Bertz CT molecular complexity index is 197. The van der Waals surface area contributed by atoms with Gasteiger partial charge in [0.15, 0.2) is 0 Å². The zero-order valence-corrected chi connectivity index (χ0v) is 9.50. The molecule has 1 aromatic rings. The van der Waals surface area contributed by atoms with E-state index in [9.17, 15) is 0 Å². The Hall–Kier alpha value is 0.01000. The minimum atomic E-state index is 0.843. The highest BCUT2D eigenvalue weighted by molar-refractivity contribution is 7.98. The van der Waals surface area contributed by atoms with Crippen molar-refractivity contribution in [1.29, 1.82) is 0 Å². The topological polar surface area (TPSA) is 26.0 Å². The van der Waals surface area contributed by atoms with E-state index in [0.29, 0.717) is 0 Å². The summed E-state index contributed by atoms with van der Waals surface area (Å²) in [7, 11) is 0. The minimum absolute atomic E-state index is 0.843. The van der Waals surface area contributed by atoms with Gasteiger partial charge in [0.1, 0.15) is 0 Å². The smallest absolute Gasteiger partial charge is 0.0278 e. The fourth-order valence-corrected chi connectivity index (χ4v) is 2.95. The van der Waals surface area contributed by atoms with E-state index < -0.39 is 0 Å². The second-order valence-electron chi connectivity index (χ2n) is 2.98. The maximum atomic E-state index is 5.42. The molecule has 0 saturated heterocycles. The van der Waals surface area contributed by atoms with Gasteiger partial charge in [-0.3, -0.25) is 0 Å². The van der Waals surface area contributed by atoms with Crippen LogP contribution < -0.4 is 5.73 Å². The van der Waals surface area contributed by atoms with Crippen LogP contribution in [0.1, 0.15) is 24.1 Å². The van der Waals surface area contributed by atoms with E-state index in [1.807, 2.05) is 23.1 Å². The van der Waals surface area contributed by atoms with Gasteiger partial charge in [-0.25, -0.2) is 0 Å². The molecule has 0 amide bonds. The Morgan fingerprint density at radius 3 is 2.92 bits per heavy atom. The second kappa shape index (κ2) is 7.42. The Balaban J connectivity index is 1.90. The molecule has 0 aliphatic heterocycles. The largest absolute Gasteiger partial charge is 0.330 e. The van der Waals surface area contributed by atoms with Gasteiger partial charge in [0.25, 0.3) is 0 Å². The summed E-state index contributed by atoms with van der Waals surface area (Å²) >= 11 is 3.88. The average Bonchev–Trinajstić information content (AvgIpc) is 2.63. The molecule has 1 heterocycles. The van der Waals surface area contributed by atoms with Crippen LogP contribution in [0.5, 0.6) is 0 Å². The number of hydrogen-bond acceptors (Lipinski definition) is 3. The molecule has 0 aliphatic carbocycles. The molecule has 0 aromatic carbocycles. The first-order chi connectivity index (χ1) is 6.43. The lowest BCUT2D eigenvalue weighted by Crippen LogP contribution is -1.97. The summed E-state index contributed by atoms with van der Waals surface area (Å²) in [5, 5.41) is 2.14. The van der Waals surface area contributed by atoms with Crippen LogP contribution in [0.4, 0.5) is 0 Å². The van der Waals surface area contributed by atoms with E-state index in [0.717, 1.165) is 6.54 Å². The highest BCUT2D eigenvalue weighted by Gasteiger charge is 1.93. The summed E-state index contributed by atoms with van der Waals surface area (Å²) in [5.74, 6) is 2.46. The predicted molar refractivity (Wildman–Crippen MR) is 63.4 cm³/mol. The first kappa shape index (κ1) is 11.1.